The molecule has 0 saturated heterocycles. The number of benzene rings is 1. The van der Waals surface area contributed by atoms with Crippen LogP contribution >= 0.6 is 23.2 Å². The molecule has 2 nitrogen and oxygen atoms in total. The molecule has 64 valence electrons. The summed E-state index contributed by atoms with van der Waals surface area (Å²) in [5.41, 5.74) is 0.742. The first-order valence-electron chi connectivity index (χ1n) is 3.26. The smallest absolute Gasteiger partial charge is 0.175 e. The lowest BCUT2D eigenvalue weighted by atomic mass is 10.2. The molecule has 4 heteroatoms. The molecule has 0 aliphatic carbocycles. The van der Waals surface area contributed by atoms with Crippen molar-refractivity contribution in [3.63, 3.8) is 0 Å². The second-order valence-electron chi connectivity index (χ2n) is 2.08. The van der Waals surface area contributed by atoms with Gasteiger partial charge in [-0.15, -0.1) is 0 Å². The monoisotopic (exact) mass is 203 g/mol. The molecule has 0 amide bonds. The highest BCUT2D eigenvalue weighted by atomic mass is 35.5. The van der Waals surface area contributed by atoms with E-state index >= 15 is 0 Å². The Morgan fingerprint density at radius 3 is 2.83 bits per heavy atom. The summed E-state index contributed by atoms with van der Waals surface area (Å²) in [7, 11) is 1.44. The maximum atomic E-state index is 5.74. The average Bonchev–Trinajstić information content (AvgIpc) is 2.05. The fourth-order valence-electron chi connectivity index (χ4n) is 0.750. The lowest BCUT2D eigenvalue weighted by Crippen LogP contribution is -1.90. The van der Waals surface area contributed by atoms with Crippen LogP contribution in [0.5, 0.6) is 0 Å². The summed E-state index contributed by atoms with van der Waals surface area (Å²) in [6.07, 6.45) is 0. The topological polar surface area (TPSA) is 21.6 Å². The Morgan fingerprint density at radius 1 is 1.50 bits per heavy atom. The van der Waals surface area contributed by atoms with Gasteiger partial charge in [0.25, 0.3) is 0 Å². The maximum Gasteiger partial charge on any atom is 0.175 e. The molecule has 0 aliphatic rings. The van der Waals surface area contributed by atoms with Gasteiger partial charge in [0, 0.05) is 10.6 Å². The Bertz CT molecular complexity index is 299. The van der Waals surface area contributed by atoms with Crippen molar-refractivity contribution in [2.75, 3.05) is 7.11 Å². The van der Waals surface area contributed by atoms with Crippen molar-refractivity contribution in [3.8, 4) is 0 Å². The highest BCUT2D eigenvalue weighted by molar-refractivity contribution is 6.69. The molecule has 12 heavy (non-hydrogen) atoms. The van der Waals surface area contributed by atoms with E-state index in [2.05, 4.69) is 9.99 Å². The fourth-order valence-corrected chi connectivity index (χ4v) is 1.13. The van der Waals surface area contributed by atoms with Crippen LogP contribution in [0.1, 0.15) is 5.56 Å². The molecule has 0 unspecified atom stereocenters. The van der Waals surface area contributed by atoms with Crippen molar-refractivity contribution in [3.05, 3.63) is 34.9 Å². The largest absolute Gasteiger partial charge is 0.398 e. The molecule has 0 saturated carbocycles. The van der Waals surface area contributed by atoms with Crippen LogP contribution in [-0.4, -0.2) is 12.3 Å². The van der Waals surface area contributed by atoms with Crippen molar-refractivity contribution in [1.29, 1.82) is 0 Å². The minimum absolute atomic E-state index is 0.292. The van der Waals surface area contributed by atoms with Crippen molar-refractivity contribution in [1.82, 2.24) is 0 Å². The number of rotatable bonds is 2. The zero-order valence-electron chi connectivity index (χ0n) is 6.42. The van der Waals surface area contributed by atoms with Crippen LogP contribution in [0.15, 0.2) is 29.4 Å². The van der Waals surface area contributed by atoms with E-state index < -0.39 is 0 Å². The predicted octanol–water partition coefficient (Wildman–Crippen LogP) is 2.89. The minimum Gasteiger partial charge on any atom is -0.398 e. The van der Waals surface area contributed by atoms with Crippen LogP contribution in [0.3, 0.4) is 0 Å². The lowest BCUT2D eigenvalue weighted by Gasteiger charge is -1.97. The molecule has 0 radical (unpaired) electrons. The van der Waals surface area contributed by atoms with Crippen molar-refractivity contribution in [2.24, 2.45) is 5.16 Å². The van der Waals surface area contributed by atoms with E-state index in [0.717, 1.165) is 5.56 Å². The Kier molecular flexibility index (Phi) is 3.38. The Labute approximate surface area is 80.7 Å². The van der Waals surface area contributed by atoms with E-state index in [0.29, 0.717) is 10.2 Å². The minimum atomic E-state index is 0.292. The number of halogens is 2. The van der Waals surface area contributed by atoms with Gasteiger partial charge in [-0.1, -0.05) is 40.5 Å². The Hall–Kier alpha value is -0.730. The second kappa shape index (κ2) is 4.33. The summed E-state index contributed by atoms with van der Waals surface area (Å²) in [5.74, 6) is 0. The number of hydrogen-bond acceptors (Lipinski definition) is 2. The molecule has 0 spiro atoms. The van der Waals surface area contributed by atoms with Gasteiger partial charge in [-0.2, -0.15) is 0 Å². The van der Waals surface area contributed by atoms with E-state index in [1.165, 1.54) is 7.11 Å². The summed E-state index contributed by atoms with van der Waals surface area (Å²) >= 11 is 11.5. The Balaban J connectivity index is 2.95. The predicted molar refractivity (Wildman–Crippen MR) is 50.9 cm³/mol. The molecule has 0 atom stereocenters. The Morgan fingerprint density at radius 2 is 2.25 bits per heavy atom. The highest BCUT2D eigenvalue weighted by Crippen LogP contribution is 2.13. The number of nitrogens with zero attached hydrogens (tertiary/aromatic N) is 1. The molecular weight excluding hydrogens is 197 g/mol. The highest BCUT2D eigenvalue weighted by Gasteiger charge is 1.99. The molecule has 1 aromatic rings. The van der Waals surface area contributed by atoms with Gasteiger partial charge in [0.05, 0.1) is 0 Å². The van der Waals surface area contributed by atoms with Crippen LogP contribution in [0, 0.1) is 0 Å². The molecule has 1 aromatic carbocycles. The van der Waals surface area contributed by atoms with Gasteiger partial charge >= 0.3 is 0 Å². The van der Waals surface area contributed by atoms with Gasteiger partial charge in [-0.25, -0.2) is 0 Å². The molecule has 0 fully saturated rings. The van der Waals surface area contributed by atoms with Gasteiger partial charge in [-0.3, -0.25) is 0 Å². The molecule has 1 rings (SSSR count). The van der Waals surface area contributed by atoms with E-state index in [-0.39, 0.29) is 0 Å². The lowest BCUT2D eigenvalue weighted by molar-refractivity contribution is 0.214. The third-order valence-corrected chi connectivity index (χ3v) is 1.76. The van der Waals surface area contributed by atoms with Gasteiger partial charge in [-0.05, 0) is 12.1 Å². The van der Waals surface area contributed by atoms with Gasteiger partial charge in [0.15, 0.2) is 5.17 Å². The quantitative estimate of drug-likeness (QED) is 0.536. The molecule has 0 aliphatic heterocycles. The van der Waals surface area contributed by atoms with E-state index in [4.69, 9.17) is 23.2 Å². The van der Waals surface area contributed by atoms with E-state index in [9.17, 15) is 0 Å². The van der Waals surface area contributed by atoms with Gasteiger partial charge < -0.3 is 4.84 Å². The molecule has 0 heterocycles. The van der Waals surface area contributed by atoms with Gasteiger partial charge in [0.2, 0.25) is 0 Å². The van der Waals surface area contributed by atoms with Crippen molar-refractivity contribution in [2.45, 2.75) is 0 Å². The first kappa shape index (κ1) is 9.36. The summed E-state index contributed by atoms with van der Waals surface area (Å²) in [5, 5.41) is 4.47. The van der Waals surface area contributed by atoms with Crippen LogP contribution in [0.4, 0.5) is 0 Å². The second-order valence-corrected chi connectivity index (χ2v) is 2.87. The molecule has 0 N–H and O–H groups in total. The van der Waals surface area contributed by atoms with Crippen molar-refractivity contribution < 1.29 is 4.84 Å². The molecular formula is C8H7Cl2NO. The normalized spacial score (nSPS) is 11.4. The summed E-state index contributed by atoms with van der Waals surface area (Å²) in [4.78, 5) is 4.51. The van der Waals surface area contributed by atoms with Crippen molar-refractivity contribution >= 4 is 28.4 Å². The zero-order valence-corrected chi connectivity index (χ0v) is 7.93. The van der Waals surface area contributed by atoms with Gasteiger partial charge in [0.1, 0.15) is 7.11 Å². The van der Waals surface area contributed by atoms with Crippen LogP contribution in [0.25, 0.3) is 0 Å². The summed E-state index contributed by atoms with van der Waals surface area (Å²) in [6, 6.07) is 7.08. The fraction of sp³-hybridized carbons (Fsp3) is 0.125. The third-order valence-electron chi connectivity index (χ3n) is 1.23. The van der Waals surface area contributed by atoms with Crippen LogP contribution in [-0.2, 0) is 4.84 Å². The number of hydrogen-bond donors (Lipinski definition) is 0. The SMILES string of the molecule is CO/N=C(\Cl)c1cccc(Cl)c1. The first-order chi connectivity index (χ1) is 5.74. The summed E-state index contributed by atoms with van der Waals surface area (Å²) < 4.78 is 0. The first-order valence-corrected chi connectivity index (χ1v) is 4.02. The summed E-state index contributed by atoms with van der Waals surface area (Å²) in [6.45, 7) is 0. The third kappa shape index (κ3) is 2.40. The maximum absolute atomic E-state index is 5.74. The van der Waals surface area contributed by atoms with E-state index in [1.807, 2.05) is 0 Å². The molecule has 0 aromatic heterocycles. The molecule has 0 bridgehead atoms. The zero-order chi connectivity index (χ0) is 8.97. The average molecular weight is 204 g/mol. The standard InChI is InChI=1S/C8H7Cl2NO/c1-12-11-8(10)6-3-2-4-7(9)5-6/h2-5H,1H3/b11-8-. The van der Waals surface area contributed by atoms with E-state index in [1.54, 1.807) is 24.3 Å². The number of oxime groups is 1. The van der Waals surface area contributed by atoms with Crippen LogP contribution < -0.4 is 0 Å². The van der Waals surface area contributed by atoms with Crippen LogP contribution in [0.2, 0.25) is 5.02 Å².